The molecule has 0 saturated carbocycles. The van der Waals surface area contributed by atoms with Gasteiger partial charge in [-0.25, -0.2) is 8.78 Å². The average Bonchev–Trinajstić information content (AvgIpc) is 2.30. The molecule has 112 valence electrons. The second-order valence-corrected chi connectivity index (χ2v) is 3.95. The van der Waals surface area contributed by atoms with Crippen molar-refractivity contribution in [2.45, 2.75) is 24.9 Å². The number of carbonyl (C=O) groups is 1. The van der Waals surface area contributed by atoms with E-state index in [1.165, 1.54) is 0 Å². The van der Waals surface area contributed by atoms with E-state index in [4.69, 9.17) is 5.73 Å². The van der Waals surface area contributed by atoms with Crippen LogP contribution in [0, 0.1) is 11.6 Å². The third-order valence-electron chi connectivity index (χ3n) is 2.48. The van der Waals surface area contributed by atoms with Gasteiger partial charge in [-0.1, -0.05) is 0 Å². The molecular formula is C11H8F7NO. The number of alkyl halides is 5. The molecule has 0 heterocycles. The minimum absolute atomic E-state index is 0.614. The van der Waals surface area contributed by atoms with Crippen molar-refractivity contribution in [3.8, 4) is 0 Å². The van der Waals surface area contributed by atoms with Crippen LogP contribution in [0.2, 0.25) is 0 Å². The lowest BCUT2D eigenvalue weighted by Crippen LogP contribution is -2.36. The van der Waals surface area contributed by atoms with Crippen LogP contribution >= 0.6 is 0 Å². The number of hydrogen-bond acceptors (Lipinski definition) is 2. The SMILES string of the molecule is Nc1ccc(F)c(C(=O)CCC(F)(F)C(F)(F)F)c1F. The highest BCUT2D eigenvalue weighted by Crippen LogP contribution is 2.39. The van der Waals surface area contributed by atoms with Gasteiger partial charge in [0.25, 0.3) is 0 Å². The summed E-state index contributed by atoms with van der Waals surface area (Å²) in [5, 5.41) is 0. The fourth-order valence-electron chi connectivity index (χ4n) is 1.36. The molecule has 20 heavy (non-hydrogen) atoms. The molecule has 0 aliphatic rings. The zero-order chi connectivity index (χ0) is 15.7. The second-order valence-electron chi connectivity index (χ2n) is 3.95. The molecule has 0 aliphatic carbocycles. The molecule has 0 spiro atoms. The number of Topliss-reactive ketones (excluding diaryl/α,β-unsaturated/α-hetero) is 1. The van der Waals surface area contributed by atoms with Gasteiger partial charge in [-0.05, 0) is 12.1 Å². The van der Waals surface area contributed by atoms with Gasteiger partial charge in [0, 0.05) is 12.8 Å². The van der Waals surface area contributed by atoms with E-state index in [9.17, 15) is 35.5 Å². The number of hydrogen-bond donors (Lipinski definition) is 1. The minimum Gasteiger partial charge on any atom is -0.396 e. The van der Waals surface area contributed by atoms with Crippen molar-refractivity contribution in [3.63, 3.8) is 0 Å². The zero-order valence-corrected chi connectivity index (χ0v) is 9.70. The number of nitrogen functional groups attached to an aromatic ring is 1. The van der Waals surface area contributed by atoms with Crippen LogP contribution in [-0.2, 0) is 0 Å². The van der Waals surface area contributed by atoms with Crippen LogP contribution in [0.3, 0.4) is 0 Å². The smallest absolute Gasteiger partial charge is 0.396 e. The molecule has 0 amide bonds. The summed E-state index contributed by atoms with van der Waals surface area (Å²) in [6, 6.07) is 1.42. The summed E-state index contributed by atoms with van der Waals surface area (Å²) in [6.07, 6.45) is -9.10. The van der Waals surface area contributed by atoms with Gasteiger partial charge in [0.15, 0.2) is 11.6 Å². The quantitative estimate of drug-likeness (QED) is 0.523. The first-order valence-electron chi connectivity index (χ1n) is 5.18. The average molecular weight is 303 g/mol. The van der Waals surface area contributed by atoms with E-state index < -0.39 is 53.6 Å². The number of carbonyl (C=O) groups excluding carboxylic acids is 1. The highest BCUT2D eigenvalue weighted by molar-refractivity contribution is 5.97. The standard InChI is InChI=1S/C11H8F7NO/c12-5-1-2-6(19)9(13)8(5)7(20)3-4-10(14,15)11(16,17)18/h1-2H,3-4,19H2. The lowest BCUT2D eigenvalue weighted by Gasteiger charge is -2.19. The van der Waals surface area contributed by atoms with Gasteiger partial charge >= 0.3 is 12.1 Å². The molecule has 0 aliphatic heterocycles. The van der Waals surface area contributed by atoms with Gasteiger partial charge in [0.1, 0.15) is 5.82 Å². The van der Waals surface area contributed by atoms with Crippen LogP contribution in [0.5, 0.6) is 0 Å². The highest BCUT2D eigenvalue weighted by Gasteiger charge is 2.56. The van der Waals surface area contributed by atoms with Crippen molar-refractivity contribution in [1.82, 2.24) is 0 Å². The van der Waals surface area contributed by atoms with Crippen LogP contribution in [0.25, 0.3) is 0 Å². The largest absolute Gasteiger partial charge is 0.453 e. The van der Waals surface area contributed by atoms with Crippen molar-refractivity contribution in [1.29, 1.82) is 0 Å². The third-order valence-corrected chi connectivity index (χ3v) is 2.48. The number of anilines is 1. The predicted molar refractivity (Wildman–Crippen MR) is 55.3 cm³/mol. The lowest BCUT2D eigenvalue weighted by atomic mass is 10.0. The van der Waals surface area contributed by atoms with Crippen LogP contribution in [0.15, 0.2) is 12.1 Å². The van der Waals surface area contributed by atoms with Gasteiger partial charge in [0.2, 0.25) is 0 Å². The molecule has 0 radical (unpaired) electrons. The Bertz CT molecular complexity index is 524. The van der Waals surface area contributed by atoms with Crippen molar-refractivity contribution in [2.75, 3.05) is 5.73 Å². The van der Waals surface area contributed by atoms with E-state index in [2.05, 4.69) is 0 Å². The summed E-state index contributed by atoms with van der Waals surface area (Å²) in [6.45, 7) is 0. The number of rotatable bonds is 4. The van der Waals surface area contributed by atoms with Crippen molar-refractivity contribution < 1.29 is 35.5 Å². The molecule has 0 unspecified atom stereocenters. The Balaban J connectivity index is 2.92. The Morgan fingerprint density at radius 2 is 1.65 bits per heavy atom. The van der Waals surface area contributed by atoms with Gasteiger partial charge in [-0.15, -0.1) is 0 Å². The van der Waals surface area contributed by atoms with Gasteiger partial charge in [-0.2, -0.15) is 22.0 Å². The summed E-state index contributed by atoms with van der Waals surface area (Å²) in [4.78, 5) is 11.4. The molecular weight excluding hydrogens is 295 g/mol. The molecule has 0 aromatic heterocycles. The normalized spacial score (nSPS) is 12.6. The molecule has 0 atom stereocenters. The van der Waals surface area contributed by atoms with Gasteiger partial charge in [0.05, 0.1) is 11.3 Å². The molecule has 0 saturated heterocycles. The van der Waals surface area contributed by atoms with Gasteiger partial charge < -0.3 is 5.73 Å². The van der Waals surface area contributed by atoms with E-state index in [0.29, 0.717) is 6.07 Å². The minimum atomic E-state index is -5.83. The summed E-state index contributed by atoms with van der Waals surface area (Å²) >= 11 is 0. The summed E-state index contributed by atoms with van der Waals surface area (Å²) in [5.41, 5.74) is 3.22. The van der Waals surface area contributed by atoms with E-state index in [1.807, 2.05) is 0 Å². The first-order chi connectivity index (χ1) is 8.97. The molecule has 1 aromatic carbocycles. The Morgan fingerprint density at radius 3 is 2.15 bits per heavy atom. The van der Waals surface area contributed by atoms with Crippen LogP contribution in [0.1, 0.15) is 23.2 Å². The molecule has 0 bridgehead atoms. The number of benzene rings is 1. The van der Waals surface area contributed by atoms with Crippen molar-refractivity contribution >= 4 is 11.5 Å². The number of ketones is 1. The van der Waals surface area contributed by atoms with E-state index in [1.54, 1.807) is 0 Å². The zero-order valence-electron chi connectivity index (χ0n) is 9.70. The molecule has 2 N–H and O–H groups in total. The van der Waals surface area contributed by atoms with E-state index >= 15 is 0 Å². The molecule has 1 aromatic rings. The Kier molecular flexibility index (Phi) is 4.30. The summed E-state index contributed by atoms with van der Waals surface area (Å²) in [5.74, 6) is -9.49. The Labute approximate surface area is 108 Å². The third kappa shape index (κ3) is 3.20. The molecule has 2 nitrogen and oxygen atoms in total. The summed E-state index contributed by atoms with van der Waals surface area (Å²) in [7, 11) is 0. The summed E-state index contributed by atoms with van der Waals surface area (Å²) < 4.78 is 87.4. The van der Waals surface area contributed by atoms with Crippen LogP contribution in [-0.4, -0.2) is 17.9 Å². The fourth-order valence-corrected chi connectivity index (χ4v) is 1.36. The maximum Gasteiger partial charge on any atom is 0.453 e. The van der Waals surface area contributed by atoms with E-state index in [-0.39, 0.29) is 0 Å². The second kappa shape index (κ2) is 5.29. The van der Waals surface area contributed by atoms with Gasteiger partial charge in [-0.3, -0.25) is 4.79 Å². The lowest BCUT2D eigenvalue weighted by molar-refractivity contribution is -0.283. The maximum absolute atomic E-state index is 13.4. The number of halogens is 7. The van der Waals surface area contributed by atoms with E-state index in [0.717, 1.165) is 6.07 Å². The first kappa shape index (κ1) is 16.3. The highest BCUT2D eigenvalue weighted by atomic mass is 19.4. The van der Waals surface area contributed by atoms with Crippen molar-refractivity contribution in [3.05, 3.63) is 29.3 Å². The Morgan fingerprint density at radius 1 is 1.10 bits per heavy atom. The topological polar surface area (TPSA) is 43.1 Å². The van der Waals surface area contributed by atoms with Crippen LogP contribution in [0.4, 0.5) is 36.4 Å². The van der Waals surface area contributed by atoms with Crippen molar-refractivity contribution in [2.24, 2.45) is 0 Å². The molecule has 1 rings (SSSR count). The fraction of sp³-hybridized carbons (Fsp3) is 0.364. The maximum atomic E-state index is 13.4. The monoisotopic (exact) mass is 303 g/mol. The molecule has 9 heteroatoms. The number of nitrogens with two attached hydrogens (primary N) is 1. The molecule has 0 fully saturated rings. The predicted octanol–water partition coefficient (Wildman–Crippen LogP) is 3.71. The first-order valence-corrected chi connectivity index (χ1v) is 5.18. The van der Waals surface area contributed by atoms with Crippen LogP contribution < -0.4 is 5.73 Å². The Hall–Kier alpha value is -1.80.